The van der Waals surface area contributed by atoms with Crippen molar-refractivity contribution in [3.63, 3.8) is 0 Å². The number of aromatic nitrogens is 2. The van der Waals surface area contributed by atoms with Gasteiger partial charge in [-0.25, -0.2) is 4.98 Å². The number of hydrogen-bond donors (Lipinski definition) is 0. The third-order valence-electron chi connectivity index (χ3n) is 3.43. The van der Waals surface area contributed by atoms with E-state index < -0.39 is 0 Å². The number of halogens is 1. The van der Waals surface area contributed by atoms with Crippen molar-refractivity contribution < 1.29 is 0 Å². The molecule has 2 aromatic carbocycles. The van der Waals surface area contributed by atoms with Crippen LogP contribution in [0.5, 0.6) is 0 Å². The van der Waals surface area contributed by atoms with Crippen LogP contribution in [0.3, 0.4) is 0 Å². The number of fused-ring (bicyclic) bond motifs is 1. The Labute approximate surface area is 128 Å². The van der Waals surface area contributed by atoms with Crippen LogP contribution in [0.15, 0.2) is 42.5 Å². The third kappa shape index (κ3) is 2.51. The summed E-state index contributed by atoms with van der Waals surface area (Å²) in [6.07, 6.45) is 0.687. The first-order chi connectivity index (χ1) is 10.2. The second-order valence-electron chi connectivity index (χ2n) is 4.96. The Hall–Kier alpha value is -2.31. The maximum absolute atomic E-state index is 9.09. The molecular formula is C17H14ClN3. The predicted molar refractivity (Wildman–Crippen MR) is 84.9 cm³/mol. The van der Waals surface area contributed by atoms with Crippen LogP contribution in [0, 0.1) is 18.3 Å². The molecule has 0 unspecified atom stereocenters. The van der Waals surface area contributed by atoms with E-state index in [-0.39, 0.29) is 0 Å². The van der Waals surface area contributed by atoms with Crippen LogP contribution in [0.25, 0.3) is 16.7 Å². The fraction of sp³-hybridized carbons (Fsp3) is 0.176. The van der Waals surface area contributed by atoms with Crippen molar-refractivity contribution in [2.75, 3.05) is 5.88 Å². The number of aryl methyl sites for hydroxylation is 2. The van der Waals surface area contributed by atoms with Crippen molar-refractivity contribution in [1.29, 1.82) is 5.26 Å². The van der Waals surface area contributed by atoms with E-state index in [9.17, 15) is 0 Å². The zero-order valence-electron chi connectivity index (χ0n) is 11.7. The molecule has 1 aromatic heterocycles. The van der Waals surface area contributed by atoms with Gasteiger partial charge in [-0.15, -0.1) is 11.6 Å². The van der Waals surface area contributed by atoms with Gasteiger partial charge in [0, 0.05) is 18.0 Å². The van der Waals surface area contributed by atoms with Crippen LogP contribution in [0.1, 0.15) is 17.0 Å². The molecule has 0 fully saturated rings. The molecule has 104 valence electrons. The lowest BCUT2D eigenvalue weighted by atomic mass is 10.2. The Bertz CT molecular complexity index is 843. The highest BCUT2D eigenvalue weighted by molar-refractivity contribution is 6.17. The first kappa shape index (κ1) is 13.7. The average molecular weight is 296 g/mol. The minimum absolute atomic E-state index is 0.514. The second kappa shape index (κ2) is 5.59. The fourth-order valence-corrected chi connectivity index (χ4v) is 2.66. The summed E-state index contributed by atoms with van der Waals surface area (Å²) >= 11 is 5.91. The summed E-state index contributed by atoms with van der Waals surface area (Å²) in [6.45, 7) is 2.06. The van der Waals surface area contributed by atoms with Crippen molar-refractivity contribution in [1.82, 2.24) is 9.55 Å². The molecule has 0 aliphatic heterocycles. The Morgan fingerprint density at radius 2 is 2.10 bits per heavy atom. The van der Waals surface area contributed by atoms with Crippen molar-refractivity contribution in [2.24, 2.45) is 0 Å². The lowest BCUT2D eigenvalue weighted by Crippen LogP contribution is -2.02. The van der Waals surface area contributed by atoms with Gasteiger partial charge in [0.05, 0.1) is 22.7 Å². The van der Waals surface area contributed by atoms with Crippen molar-refractivity contribution >= 4 is 22.6 Å². The van der Waals surface area contributed by atoms with Crippen LogP contribution >= 0.6 is 11.6 Å². The summed E-state index contributed by atoms with van der Waals surface area (Å²) in [4.78, 5) is 4.67. The molecule has 0 atom stereocenters. The highest BCUT2D eigenvalue weighted by Gasteiger charge is 2.12. The third-order valence-corrected chi connectivity index (χ3v) is 3.62. The van der Waals surface area contributed by atoms with Crippen LogP contribution in [0.2, 0.25) is 0 Å². The van der Waals surface area contributed by atoms with Gasteiger partial charge >= 0.3 is 0 Å². The predicted octanol–water partition coefficient (Wildman–Crippen LogP) is 3.99. The van der Waals surface area contributed by atoms with E-state index in [4.69, 9.17) is 16.9 Å². The minimum Gasteiger partial charge on any atom is -0.296 e. The number of imidazole rings is 1. The van der Waals surface area contributed by atoms with Gasteiger partial charge in [-0.3, -0.25) is 4.57 Å². The van der Waals surface area contributed by atoms with Gasteiger partial charge in [-0.05, 0) is 42.8 Å². The molecule has 0 amide bonds. The maximum Gasteiger partial charge on any atom is 0.115 e. The maximum atomic E-state index is 9.09. The topological polar surface area (TPSA) is 41.6 Å². The van der Waals surface area contributed by atoms with E-state index in [2.05, 4.69) is 34.7 Å². The number of nitrogens with zero attached hydrogens (tertiary/aromatic N) is 3. The Morgan fingerprint density at radius 3 is 2.86 bits per heavy atom. The molecule has 0 saturated carbocycles. The lowest BCUT2D eigenvalue weighted by molar-refractivity contribution is 0.912. The fourth-order valence-electron chi connectivity index (χ4n) is 2.49. The van der Waals surface area contributed by atoms with E-state index in [1.54, 1.807) is 6.07 Å². The summed E-state index contributed by atoms with van der Waals surface area (Å²) < 4.78 is 2.09. The van der Waals surface area contributed by atoms with Gasteiger partial charge < -0.3 is 0 Å². The average Bonchev–Trinajstić information content (AvgIpc) is 2.85. The molecule has 4 heteroatoms. The smallest absolute Gasteiger partial charge is 0.115 e. The zero-order chi connectivity index (χ0) is 14.8. The van der Waals surface area contributed by atoms with Crippen LogP contribution < -0.4 is 0 Å². The molecule has 3 rings (SSSR count). The molecule has 0 bridgehead atoms. The summed E-state index contributed by atoms with van der Waals surface area (Å²) in [5.41, 5.74) is 4.76. The van der Waals surface area contributed by atoms with Crippen LogP contribution in [-0.4, -0.2) is 15.4 Å². The first-order valence-electron chi connectivity index (χ1n) is 6.77. The van der Waals surface area contributed by atoms with Gasteiger partial charge in [0.15, 0.2) is 0 Å². The SMILES string of the molecule is Cc1ccc2nc(CCCl)n(-c3cccc(C#N)c3)c2c1. The molecule has 0 spiro atoms. The molecule has 0 N–H and O–H groups in total. The van der Waals surface area contributed by atoms with E-state index in [0.717, 1.165) is 22.5 Å². The highest BCUT2D eigenvalue weighted by Crippen LogP contribution is 2.23. The molecule has 0 aliphatic rings. The van der Waals surface area contributed by atoms with Gasteiger partial charge in [0.25, 0.3) is 0 Å². The lowest BCUT2D eigenvalue weighted by Gasteiger charge is -2.09. The molecule has 0 aliphatic carbocycles. The van der Waals surface area contributed by atoms with Gasteiger partial charge in [-0.2, -0.15) is 5.26 Å². The molecular weight excluding hydrogens is 282 g/mol. The standard InChI is InChI=1S/C17H14ClN3/c1-12-5-6-15-16(9-12)21(17(20-15)7-8-18)14-4-2-3-13(10-14)11-19/h2-6,9-10H,7-8H2,1H3. The first-order valence-corrected chi connectivity index (χ1v) is 7.31. The van der Waals surface area contributed by atoms with Crippen LogP contribution in [0.4, 0.5) is 0 Å². The summed E-state index contributed by atoms with van der Waals surface area (Å²) in [6, 6.07) is 15.9. The van der Waals surface area contributed by atoms with Gasteiger partial charge in [0.2, 0.25) is 0 Å². The highest BCUT2D eigenvalue weighted by atomic mass is 35.5. The summed E-state index contributed by atoms with van der Waals surface area (Å²) in [5.74, 6) is 1.43. The van der Waals surface area contributed by atoms with Crippen molar-refractivity contribution in [3.8, 4) is 11.8 Å². The quantitative estimate of drug-likeness (QED) is 0.686. The van der Waals surface area contributed by atoms with Crippen molar-refractivity contribution in [3.05, 3.63) is 59.4 Å². The minimum atomic E-state index is 0.514. The number of nitriles is 1. The summed E-state index contributed by atoms with van der Waals surface area (Å²) in [7, 11) is 0. The molecule has 1 heterocycles. The number of alkyl halides is 1. The molecule has 0 saturated heterocycles. The van der Waals surface area contributed by atoms with E-state index in [1.807, 2.05) is 24.3 Å². The summed E-state index contributed by atoms with van der Waals surface area (Å²) in [5, 5.41) is 9.09. The Morgan fingerprint density at radius 1 is 1.24 bits per heavy atom. The Kier molecular flexibility index (Phi) is 3.64. The van der Waals surface area contributed by atoms with Crippen LogP contribution in [-0.2, 0) is 6.42 Å². The monoisotopic (exact) mass is 295 g/mol. The second-order valence-corrected chi connectivity index (χ2v) is 5.33. The van der Waals surface area contributed by atoms with E-state index in [1.165, 1.54) is 5.56 Å². The molecule has 3 nitrogen and oxygen atoms in total. The molecule has 21 heavy (non-hydrogen) atoms. The van der Waals surface area contributed by atoms with Gasteiger partial charge in [0.1, 0.15) is 5.82 Å². The normalized spacial score (nSPS) is 10.7. The van der Waals surface area contributed by atoms with E-state index in [0.29, 0.717) is 17.9 Å². The Balaban J connectivity index is 2.30. The molecule has 0 radical (unpaired) electrons. The number of rotatable bonds is 3. The zero-order valence-corrected chi connectivity index (χ0v) is 12.4. The number of hydrogen-bond acceptors (Lipinski definition) is 2. The number of benzene rings is 2. The van der Waals surface area contributed by atoms with Gasteiger partial charge in [-0.1, -0.05) is 12.1 Å². The van der Waals surface area contributed by atoms with Crippen molar-refractivity contribution in [2.45, 2.75) is 13.3 Å². The molecule has 3 aromatic rings. The largest absolute Gasteiger partial charge is 0.296 e. The van der Waals surface area contributed by atoms with E-state index >= 15 is 0 Å².